The first kappa shape index (κ1) is 15.1. The van der Waals surface area contributed by atoms with Crippen molar-refractivity contribution in [1.82, 2.24) is 10.3 Å². The number of hydrogen-bond acceptors (Lipinski definition) is 5. The van der Waals surface area contributed by atoms with Gasteiger partial charge in [0, 0.05) is 12.1 Å². The van der Waals surface area contributed by atoms with Gasteiger partial charge >= 0.3 is 0 Å². The van der Waals surface area contributed by atoms with Gasteiger partial charge in [-0.2, -0.15) is 0 Å². The Kier molecular flexibility index (Phi) is 3.95. The van der Waals surface area contributed by atoms with Crippen LogP contribution in [0.1, 0.15) is 56.6 Å². The molecule has 0 atom stereocenters. The normalized spacial score (nSPS) is 16.8. The van der Waals surface area contributed by atoms with Gasteiger partial charge in [0.25, 0.3) is 5.91 Å². The van der Waals surface area contributed by atoms with Crippen LogP contribution in [-0.2, 0) is 0 Å². The molecule has 1 amide bonds. The lowest BCUT2D eigenvalue weighted by atomic mass is 10.0. The lowest BCUT2D eigenvalue weighted by molar-refractivity contribution is 0.0949. The molecule has 1 heterocycles. The molecule has 4 N–H and O–H groups in total. The molecule has 0 aromatic carbocycles. The first-order valence-electron chi connectivity index (χ1n) is 7.07. The van der Waals surface area contributed by atoms with Crippen LogP contribution in [0.5, 0.6) is 0 Å². The van der Waals surface area contributed by atoms with Crippen molar-refractivity contribution in [2.24, 2.45) is 5.41 Å². The van der Waals surface area contributed by atoms with Gasteiger partial charge in [-0.3, -0.25) is 4.79 Å². The molecule has 0 bridgehead atoms. The maximum Gasteiger partial charge on any atom is 0.265 e. The van der Waals surface area contributed by atoms with E-state index in [2.05, 4.69) is 22.5 Å². The van der Waals surface area contributed by atoms with Crippen LogP contribution in [0.4, 0.5) is 10.9 Å². The number of nitrogen functional groups attached to an aromatic ring is 1. The van der Waals surface area contributed by atoms with Crippen LogP contribution in [0.15, 0.2) is 0 Å². The number of carbonyl (C=O) groups excluding carboxylic acids is 1. The van der Waals surface area contributed by atoms with Gasteiger partial charge in [-0.1, -0.05) is 18.3 Å². The summed E-state index contributed by atoms with van der Waals surface area (Å²) >= 11 is 1.31. The number of anilines is 2. The van der Waals surface area contributed by atoms with E-state index in [1.54, 1.807) is 0 Å². The number of amides is 1. The second-order valence-electron chi connectivity index (χ2n) is 6.64. The summed E-state index contributed by atoms with van der Waals surface area (Å²) in [5.74, 6) is 0.197. The van der Waals surface area contributed by atoms with E-state index >= 15 is 0 Å². The Bertz CT molecular complexity index is 500. The van der Waals surface area contributed by atoms with E-state index < -0.39 is 0 Å². The van der Waals surface area contributed by atoms with Gasteiger partial charge in [0.2, 0.25) is 0 Å². The fourth-order valence-electron chi connectivity index (χ4n) is 2.05. The molecule has 0 saturated heterocycles. The van der Waals surface area contributed by atoms with E-state index in [9.17, 15) is 4.79 Å². The van der Waals surface area contributed by atoms with Crippen LogP contribution in [0.3, 0.4) is 0 Å². The molecule has 1 fully saturated rings. The fourth-order valence-corrected chi connectivity index (χ4v) is 3.06. The van der Waals surface area contributed by atoms with Gasteiger partial charge in [-0.15, -0.1) is 0 Å². The minimum absolute atomic E-state index is 0.0989. The second-order valence-corrected chi connectivity index (χ2v) is 7.64. The molecule has 20 heavy (non-hydrogen) atoms. The van der Waals surface area contributed by atoms with Crippen LogP contribution in [0, 0.1) is 5.41 Å². The summed E-state index contributed by atoms with van der Waals surface area (Å²) < 4.78 is 0. The maximum atomic E-state index is 12.2. The Labute approximate surface area is 124 Å². The van der Waals surface area contributed by atoms with Crippen molar-refractivity contribution in [3.05, 3.63) is 4.88 Å². The molecule has 0 radical (unpaired) electrons. The minimum atomic E-state index is -0.110. The summed E-state index contributed by atoms with van der Waals surface area (Å²) in [5.41, 5.74) is 6.08. The summed E-state index contributed by atoms with van der Waals surface area (Å²) in [6.45, 7) is 9.04. The van der Waals surface area contributed by atoms with Crippen LogP contribution >= 0.6 is 11.3 Å². The molecular weight excluding hydrogens is 272 g/mol. The van der Waals surface area contributed by atoms with Gasteiger partial charge in [-0.25, -0.2) is 4.98 Å². The summed E-state index contributed by atoms with van der Waals surface area (Å²) in [6, 6.07) is 0. The number of carbonyl (C=O) groups is 1. The zero-order valence-electron chi connectivity index (χ0n) is 12.7. The predicted octanol–water partition coefficient (Wildman–Crippen LogP) is 2.86. The van der Waals surface area contributed by atoms with Crippen LogP contribution < -0.4 is 16.4 Å². The highest BCUT2D eigenvalue weighted by molar-refractivity contribution is 7.18. The number of nitrogens with zero attached hydrogens (tertiary/aromatic N) is 1. The van der Waals surface area contributed by atoms with E-state index in [1.165, 1.54) is 24.2 Å². The van der Waals surface area contributed by atoms with Gasteiger partial charge in [0.15, 0.2) is 5.13 Å². The Morgan fingerprint density at radius 1 is 1.45 bits per heavy atom. The molecule has 0 aliphatic heterocycles. The summed E-state index contributed by atoms with van der Waals surface area (Å²) in [6.07, 6.45) is 3.53. The number of nitrogens with one attached hydrogen (secondary N) is 2. The molecule has 0 spiro atoms. The van der Waals surface area contributed by atoms with E-state index in [0.29, 0.717) is 21.2 Å². The average Bonchev–Trinajstić information content (AvgIpc) is 3.03. The Morgan fingerprint density at radius 2 is 2.10 bits per heavy atom. The SMILES string of the molecule is CCC1(CNC(=O)c2sc(NC(C)(C)C)nc2N)CC1. The third-order valence-electron chi connectivity index (χ3n) is 3.67. The van der Waals surface area contributed by atoms with Crippen molar-refractivity contribution < 1.29 is 4.79 Å². The minimum Gasteiger partial charge on any atom is -0.382 e. The lowest BCUT2D eigenvalue weighted by Crippen LogP contribution is -2.29. The second kappa shape index (κ2) is 5.24. The van der Waals surface area contributed by atoms with Crippen LogP contribution in [-0.4, -0.2) is 23.0 Å². The number of aromatic nitrogens is 1. The zero-order chi connectivity index (χ0) is 15.0. The zero-order valence-corrected chi connectivity index (χ0v) is 13.5. The third-order valence-corrected chi connectivity index (χ3v) is 4.66. The van der Waals surface area contributed by atoms with Gasteiger partial charge < -0.3 is 16.4 Å². The Balaban J connectivity index is 1.99. The number of hydrogen-bond donors (Lipinski definition) is 3. The van der Waals surface area contributed by atoms with E-state index in [1.807, 2.05) is 20.8 Å². The first-order chi connectivity index (χ1) is 9.25. The molecule has 2 rings (SSSR count). The van der Waals surface area contributed by atoms with Crippen molar-refractivity contribution in [3.63, 3.8) is 0 Å². The van der Waals surface area contributed by atoms with Crippen molar-refractivity contribution in [1.29, 1.82) is 0 Å². The molecule has 1 aromatic rings. The molecule has 0 unspecified atom stereocenters. The molecule has 5 nitrogen and oxygen atoms in total. The average molecular weight is 296 g/mol. The van der Waals surface area contributed by atoms with Crippen LogP contribution in [0.25, 0.3) is 0 Å². The first-order valence-corrected chi connectivity index (χ1v) is 7.89. The molecule has 1 saturated carbocycles. The van der Waals surface area contributed by atoms with Crippen molar-refractivity contribution in [3.8, 4) is 0 Å². The van der Waals surface area contributed by atoms with Crippen molar-refractivity contribution in [2.45, 2.75) is 52.5 Å². The van der Waals surface area contributed by atoms with E-state index in [4.69, 9.17) is 5.73 Å². The highest BCUT2D eigenvalue weighted by atomic mass is 32.1. The largest absolute Gasteiger partial charge is 0.382 e. The maximum absolute atomic E-state index is 12.2. The molecule has 1 aromatic heterocycles. The fraction of sp³-hybridized carbons (Fsp3) is 0.714. The van der Waals surface area contributed by atoms with Crippen molar-refractivity contribution >= 4 is 28.2 Å². The number of thiazole rings is 1. The highest BCUT2D eigenvalue weighted by Gasteiger charge is 2.40. The lowest BCUT2D eigenvalue weighted by Gasteiger charge is -2.19. The molecule has 6 heteroatoms. The van der Waals surface area contributed by atoms with Crippen LogP contribution in [0.2, 0.25) is 0 Å². The smallest absolute Gasteiger partial charge is 0.265 e. The van der Waals surface area contributed by atoms with E-state index in [0.717, 1.165) is 13.0 Å². The molecule has 1 aliphatic carbocycles. The number of rotatable bonds is 5. The Hall–Kier alpha value is -1.30. The standard InChI is InChI=1S/C14H24N4OS/c1-5-14(6-7-14)8-16-11(19)9-10(15)17-12(20-9)18-13(2,3)4/h5-8,15H2,1-4H3,(H,16,19)(H,17,18). The van der Waals surface area contributed by atoms with Gasteiger partial charge in [-0.05, 0) is 45.4 Å². The van der Waals surface area contributed by atoms with Crippen molar-refractivity contribution in [2.75, 3.05) is 17.6 Å². The predicted molar refractivity (Wildman–Crippen MR) is 84.2 cm³/mol. The molecule has 1 aliphatic rings. The Morgan fingerprint density at radius 3 is 2.60 bits per heavy atom. The van der Waals surface area contributed by atoms with Gasteiger partial charge in [0.1, 0.15) is 10.7 Å². The summed E-state index contributed by atoms with van der Waals surface area (Å²) in [4.78, 5) is 16.9. The summed E-state index contributed by atoms with van der Waals surface area (Å²) in [5, 5.41) is 6.93. The monoisotopic (exact) mass is 296 g/mol. The molecular formula is C14H24N4OS. The number of nitrogens with two attached hydrogens (primary N) is 1. The van der Waals surface area contributed by atoms with E-state index in [-0.39, 0.29) is 11.4 Å². The van der Waals surface area contributed by atoms with Gasteiger partial charge in [0.05, 0.1) is 0 Å². The molecule has 112 valence electrons. The summed E-state index contributed by atoms with van der Waals surface area (Å²) in [7, 11) is 0. The third kappa shape index (κ3) is 3.62. The topological polar surface area (TPSA) is 80.0 Å². The highest BCUT2D eigenvalue weighted by Crippen LogP contribution is 2.47. The quantitative estimate of drug-likeness (QED) is 0.780.